The Kier molecular flexibility index (Phi) is 7.45. The number of ether oxygens (including phenoxy) is 2. The average molecular weight is 385 g/mol. The molecule has 0 spiro atoms. The lowest BCUT2D eigenvalue weighted by atomic mass is 10.2. The van der Waals surface area contributed by atoms with Gasteiger partial charge in [0.05, 0.1) is 11.7 Å². The van der Waals surface area contributed by atoms with Gasteiger partial charge in [-0.3, -0.25) is 4.79 Å². The van der Waals surface area contributed by atoms with Crippen LogP contribution >= 0.6 is 0 Å². The maximum atomic E-state index is 13.4. The first-order valence-corrected chi connectivity index (χ1v) is 8.55. The van der Waals surface area contributed by atoms with Crippen molar-refractivity contribution in [2.24, 2.45) is 0 Å². The number of hydrogen-bond donors (Lipinski definition) is 1. The van der Waals surface area contributed by atoms with Gasteiger partial charge < -0.3 is 14.8 Å². The number of hydrogen-bond acceptors (Lipinski definition) is 5. The van der Waals surface area contributed by atoms with E-state index in [0.717, 1.165) is 6.08 Å². The summed E-state index contributed by atoms with van der Waals surface area (Å²) in [5.74, 6) is -2.25. The van der Waals surface area contributed by atoms with Crippen LogP contribution in [0.4, 0.5) is 10.1 Å². The first-order valence-electron chi connectivity index (χ1n) is 8.55. The number of esters is 2. The van der Waals surface area contributed by atoms with Crippen LogP contribution in [0.1, 0.15) is 29.8 Å². The zero-order valence-electron chi connectivity index (χ0n) is 15.5. The maximum Gasteiger partial charge on any atom is 0.338 e. The van der Waals surface area contributed by atoms with Gasteiger partial charge in [0.15, 0.2) is 6.61 Å². The summed E-state index contributed by atoms with van der Waals surface area (Å²) in [5, 5.41) is 2.53. The number of benzene rings is 2. The Morgan fingerprint density at radius 1 is 1.07 bits per heavy atom. The molecule has 0 aliphatic carbocycles. The van der Waals surface area contributed by atoms with Gasteiger partial charge in [-0.05, 0) is 50.3 Å². The monoisotopic (exact) mass is 385 g/mol. The molecule has 2 aromatic carbocycles. The number of carbonyl (C=O) groups excluding carboxylic acids is 3. The summed E-state index contributed by atoms with van der Waals surface area (Å²) in [6.07, 6.45) is 2.08. The van der Waals surface area contributed by atoms with Crippen molar-refractivity contribution in [1.29, 1.82) is 0 Å². The molecule has 0 saturated carbocycles. The van der Waals surface area contributed by atoms with Gasteiger partial charge >= 0.3 is 11.9 Å². The van der Waals surface area contributed by atoms with E-state index in [9.17, 15) is 18.8 Å². The van der Waals surface area contributed by atoms with Gasteiger partial charge in [-0.2, -0.15) is 0 Å². The molecule has 1 N–H and O–H groups in total. The van der Waals surface area contributed by atoms with Crippen LogP contribution in [0.3, 0.4) is 0 Å². The molecule has 6 nitrogen and oxygen atoms in total. The molecule has 0 aromatic heterocycles. The highest BCUT2D eigenvalue weighted by Gasteiger charge is 2.10. The normalized spacial score (nSPS) is 10.7. The Hall–Kier alpha value is -3.48. The predicted molar refractivity (Wildman–Crippen MR) is 102 cm³/mol. The van der Waals surface area contributed by atoms with Crippen LogP contribution in [0.15, 0.2) is 54.6 Å². The molecule has 1 amide bonds. The Morgan fingerprint density at radius 2 is 1.75 bits per heavy atom. The van der Waals surface area contributed by atoms with Crippen LogP contribution in [0, 0.1) is 5.82 Å². The van der Waals surface area contributed by atoms with Crippen LogP contribution in [-0.2, 0) is 19.1 Å². The molecule has 28 heavy (non-hydrogen) atoms. The lowest BCUT2D eigenvalue weighted by molar-refractivity contribution is -0.142. The van der Waals surface area contributed by atoms with E-state index in [2.05, 4.69) is 5.32 Å². The van der Waals surface area contributed by atoms with Gasteiger partial charge in [0.25, 0.3) is 5.91 Å². The van der Waals surface area contributed by atoms with Crippen molar-refractivity contribution in [2.75, 3.05) is 11.9 Å². The Morgan fingerprint density at radius 3 is 2.39 bits per heavy atom. The zero-order chi connectivity index (χ0) is 20.5. The fraction of sp³-hybridized carbons (Fsp3) is 0.190. The van der Waals surface area contributed by atoms with Crippen molar-refractivity contribution in [1.82, 2.24) is 0 Å². The second kappa shape index (κ2) is 10.0. The van der Waals surface area contributed by atoms with Crippen molar-refractivity contribution in [2.45, 2.75) is 20.0 Å². The molecule has 146 valence electrons. The van der Waals surface area contributed by atoms with E-state index < -0.39 is 30.3 Å². The van der Waals surface area contributed by atoms with Crippen LogP contribution in [0.25, 0.3) is 6.08 Å². The number of rotatable bonds is 7. The van der Waals surface area contributed by atoms with Gasteiger partial charge in [-0.15, -0.1) is 0 Å². The standard InChI is InChI=1S/C21H20FNO5/c1-14(2)28-21(26)16-7-10-17(11-8-16)23-19(24)13-27-20(25)12-9-15-5-3-4-6-18(15)22/h3-12,14H,13H2,1-2H3,(H,23,24). The van der Waals surface area contributed by atoms with Crippen LogP contribution in [0.2, 0.25) is 0 Å². The van der Waals surface area contributed by atoms with Gasteiger partial charge in [0.2, 0.25) is 0 Å². The van der Waals surface area contributed by atoms with Crippen LogP contribution in [0.5, 0.6) is 0 Å². The third kappa shape index (κ3) is 6.68. The van der Waals surface area contributed by atoms with Crippen molar-refractivity contribution in [3.8, 4) is 0 Å². The zero-order valence-corrected chi connectivity index (χ0v) is 15.5. The fourth-order valence-electron chi connectivity index (χ4n) is 2.12. The lowest BCUT2D eigenvalue weighted by Crippen LogP contribution is -2.20. The average Bonchev–Trinajstić information content (AvgIpc) is 2.65. The molecular formula is C21H20FNO5. The number of amides is 1. The quantitative estimate of drug-likeness (QED) is 0.582. The maximum absolute atomic E-state index is 13.4. The molecule has 0 fully saturated rings. The SMILES string of the molecule is CC(C)OC(=O)c1ccc(NC(=O)COC(=O)C=Cc2ccccc2F)cc1. The molecule has 0 atom stereocenters. The highest BCUT2D eigenvalue weighted by molar-refractivity contribution is 5.95. The van der Waals surface area contributed by atoms with Crippen molar-refractivity contribution >= 4 is 29.6 Å². The molecular weight excluding hydrogens is 365 g/mol. The van der Waals surface area contributed by atoms with E-state index in [-0.39, 0.29) is 11.7 Å². The summed E-state index contributed by atoms with van der Waals surface area (Å²) in [6, 6.07) is 12.1. The van der Waals surface area contributed by atoms with Crippen LogP contribution < -0.4 is 5.32 Å². The minimum atomic E-state index is -0.773. The molecule has 2 rings (SSSR count). The highest BCUT2D eigenvalue weighted by Crippen LogP contribution is 2.12. The summed E-state index contributed by atoms with van der Waals surface area (Å²) in [6.45, 7) is 3.00. The molecule has 0 radical (unpaired) electrons. The molecule has 0 aliphatic rings. The number of nitrogens with one attached hydrogen (secondary N) is 1. The minimum absolute atomic E-state index is 0.228. The first-order chi connectivity index (χ1) is 13.3. The second-order valence-electron chi connectivity index (χ2n) is 6.04. The van der Waals surface area contributed by atoms with Gasteiger partial charge in [-0.1, -0.05) is 18.2 Å². The number of carbonyl (C=O) groups is 3. The largest absolute Gasteiger partial charge is 0.459 e. The topological polar surface area (TPSA) is 81.7 Å². The third-order valence-corrected chi connectivity index (χ3v) is 3.40. The van der Waals surface area contributed by atoms with Crippen LogP contribution in [-0.4, -0.2) is 30.6 Å². The van der Waals surface area contributed by atoms with Crippen molar-refractivity contribution in [3.63, 3.8) is 0 Å². The second-order valence-corrected chi connectivity index (χ2v) is 6.04. The molecule has 0 heterocycles. The summed E-state index contributed by atoms with van der Waals surface area (Å²) in [7, 11) is 0. The highest BCUT2D eigenvalue weighted by atomic mass is 19.1. The van der Waals surface area contributed by atoms with E-state index >= 15 is 0 Å². The van der Waals surface area contributed by atoms with Crippen molar-refractivity contribution in [3.05, 3.63) is 71.6 Å². The van der Waals surface area contributed by atoms with Gasteiger partial charge in [0.1, 0.15) is 5.82 Å². The Labute approximate surface area is 162 Å². The molecule has 0 aliphatic heterocycles. The minimum Gasteiger partial charge on any atom is -0.459 e. The molecule has 7 heteroatoms. The molecule has 0 saturated heterocycles. The van der Waals surface area contributed by atoms with Crippen molar-refractivity contribution < 1.29 is 28.2 Å². The summed E-state index contributed by atoms with van der Waals surface area (Å²) in [5.41, 5.74) is 1.03. The Bertz CT molecular complexity index is 875. The molecule has 2 aromatic rings. The molecule has 0 unspecified atom stereocenters. The van der Waals surface area contributed by atoms with Gasteiger partial charge in [0, 0.05) is 17.3 Å². The summed E-state index contributed by atoms with van der Waals surface area (Å²) < 4.78 is 23.3. The first kappa shape index (κ1) is 20.8. The van der Waals surface area contributed by atoms with E-state index in [0.29, 0.717) is 11.3 Å². The Balaban J connectivity index is 1.81. The molecule has 0 bridgehead atoms. The third-order valence-electron chi connectivity index (χ3n) is 3.40. The number of anilines is 1. The fourth-order valence-corrected chi connectivity index (χ4v) is 2.12. The van der Waals surface area contributed by atoms with Gasteiger partial charge in [-0.25, -0.2) is 14.0 Å². The smallest absolute Gasteiger partial charge is 0.338 e. The van der Waals surface area contributed by atoms with E-state index in [1.165, 1.54) is 48.5 Å². The summed E-state index contributed by atoms with van der Waals surface area (Å²) >= 11 is 0. The van der Waals surface area contributed by atoms with E-state index in [1.54, 1.807) is 19.9 Å². The lowest BCUT2D eigenvalue weighted by Gasteiger charge is -2.09. The van der Waals surface area contributed by atoms with E-state index in [4.69, 9.17) is 9.47 Å². The summed E-state index contributed by atoms with van der Waals surface area (Å²) in [4.78, 5) is 35.2. The predicted octanol–water partition coefficient (Wildman–Crippen LogP) is 3.59. The number of halogens is 1. The van der Waals surface area contributed by atoms with E-state index in [1.807, 2.05) is 0 Å².